The first-order valence-electron chi connectivity index (χ1n) is 11.2. The maximum absolute atomic E-state index is 13.7. The van der Waals surface area contributed by atoms with Gasteiger partial charge in [0.1, 0.15) is 11.7 Å². The number of likely N-dealkylation sites (tertiary alicyclic amines) is 1. The lowest BCUT2D eigenvalue weighted by Gasteiger charge is -2.29. The van der Waals surface area contributed by atoms with Crippen LogP contribution >= 0.6 is 0 Å². The molecule has 0 aromatic heterocycles. The molecular weight excluding hydrogens is 436 g/mol. The molecule has 0 saturated carbocycles. The highest BCUT2D eigenvalue weighted by atomic mass is 16.5. The van der Waals surface area contributed by atoms with Crippen molar-refractivity contribution in [2.75, 3.05) is 48.0 Å². The Morgan fingerprint density at radius 1 is 1.03 bits per heavy atom. The number of amides is 1. The third-order valence-electron chi connectivity index (χ3n) is 6.00. The number of ether oxygens (including phenoxy) is 3. The van der Waals surface area contributed by atoms with E-state index in [0.717, 1.165) is 0 Å². The summed E-state index contributed by atoms with van der Waals surface area (Å²) in [5.74, 6) is -1.25. The first-order chi connectivity index (χ1) is 16.2. The smallest absolute Gasteiger partial charge is 0.291 e. The number of aryl methyl sites for hydroxylation is 1. The molecule has 0 radical (unpaired) electrons. The van der Waals surface area contributed by atoms with E-state index in [1.165, 1.54) is 12.0 Å². The van der Waals surface area contributed by atoms with Crippen molar-refractivity contribution in [1.29, 1.82) is 0 Å². The van der Waals surface area contributed by atoms with Crippen LogP contribution in [0.4, 0.5) is 0 Å². The van der Waals surface area contributed by atoms with Gasteiger partial charge in [-0.1, -0.05) is 6.07 Å². The number of methoxy groups -OCH3 is 2. The molecular formula is C26H32N2O6. The monoisotopic (exact) mass is 468 g/mol. The largest absolute Gasteiger partial charge is 0.497 e. The van der Waals surface area contributed by atoms with E-state index in [1.807, 2.05) is 25.9 Å². The topological polar surface area (TPSA) is 85.4 Å². The zero-order valence-corrected chi connectivity index (χ0v) is 20.6. The zero-order valence-electron chi connectivity index (χ0n) is 20.6. The highest BCUT2D eigenvalue weighted by Gasteiger charge is 2.51. The molecule has 34 heavy (non-hydrogen) atoms. The summed E-state index contributed by atoms with van der Waals surface area (Å²) in [7, 11) is 6.86. The van der Waals surface area contributed by atoms with Crippen molar-refractivity contribution in [3.63, 3.8) is 0 Å². The van der Waals surface area contributed by atoms with Crippen molar-refractivity contribution in [1.82, 2.24) is 9.80 Å². The molecule has 0 N–H and O–H groups in total. The fraction of sp³-hybridized carbons (Fsp3) is 0.423. The second-order valence-electron chi connectivity index (χ2n) is 8.48. The van der Waals surface area contributed by atoms with Gasteiger partial charge < -0.3 is 24.0 Å². The summed E-state index contributed by atoms with van der Waals surface area (Å²) >= 11 is 0. The predicted octanol–water partition coefficient (Wildman–Crippen LogP) is 2.92. The molecule has 1 amide bonds. The number of rotatable bonds is 10. The van der Waals surface area contributed by atoms with E-state index in [9.17, 15) is 14.4 Å². The minimum Gasteiger partial charge on any atom is -0.497 e. The highest BCUT2D eigenvalue weighted by Crippen LogP contribution is 2.41. The van der Waals surface area contributed by atoms with Gasteiger partial charge >= 0.3 is 0 Å². The third-order valence-corrected chi connectivity index (χ3v) is 6.00. The number of likely N-dealkylation sites (N-methyl/N-ethyl adjacent to an activating group) is 1. The fourth-order valence-electron chi connectivity index (χ4n) is 4.26. The van der Waals surface area contributed by atoms with Gasteiger partial charge in [-0.05, 0) is 69.4 Å². The van der Waals surface area contributed by atoms with Gasteiger partial charge in [0.25, 0.3) is 5.91 Å². The number of hydrogen-bond donors (Lipinski definition) is 0. The minimum atomic E-state index is -1.16. The second kappa shape index (κ2) is 10.7. The van der Waals surface area contributed by atoms with Crippen LogP contribution in [-0.2, 0) is 9.59 Å². The van der Waals surface area contributed by atoms with Crippen LogP contribution in [-0.4, -0.2) is 75.3 Å². The van der Waals surface area contributed by atoms with Crippen molar-refractivity contribution in [3.05, 3.63) is 53.1 Å². The number of ketones is 2. The van der Waals surface area contributed by atoms with Crippen LogP contribution in [0.3, 0.4) is 0 Å². The van der Waals surface area contributed by atoms with Gasteiger partial charge in [0.05, 0.1) is 26.9 Å². The molecule has 0 aliphatic carbocycles. The number of Topliss-reactive ketones (excluding diaryl/α,β-unsaturated/α-hetero) is 2. The normalized spacial score (nSPS) is 17.9. The number of benzene rings is 2. The van der Waals surface area contributed by atoms with Gasteiger partial charge in [-0.15, -0.1) is 0 Å². The lowest BCUT2D eigenvalue weighted by Crippen LogP contribution is -2.36. The molecule has 1 saturated heterocycles. The second-order valence-corrected chi connectivity index (χ2v) is 8.48. The fourth-order valence-corrected chi connectivity index (χ4v) is 4.26. The van der Waals surface area contributed by atoms with Gasteiger partial charge in [0.2, 0.25) is 5.78 Å². The standard InChI is InChI=1S/C26H32N2O6/c1-7-34-20-11-8-17(15-21(20)33-6)23-22(25(30)26(31)28(23)13-12-27(3)4)24(29)19-10-9-18(32-5)14-16(19)2/h8-11,14-15,22-23H,7,12-13H2,1-6H3. The number of carbonyl (C=O) groups is 3. The molecule has 8 nitrogen and oxygen atoms in total. The Kier molecular flexibility index (Phi) is 7.94. The van der Waals surface area contributed by atoms with Crippen molar-refractivity contribution >= 4 is 17.5 Å². The Morgan fingerprint density at radius 2 is 1.76 bits per heavy atom. The Balaban J connectivity index is 2.10. The molecule has 1 fully saturated rings. The predicted molar refractivity (Wildman–Crippen MR) is 128 cm³/mol. The summed E-state index contributed by atoms with van der Waals surface area (Å²) in [5.41, 5.74) is 1.71. The van der Waals surface area contributed by atoms with Crippen LogP contribution in [0, 0.1) is 12.8 Å². The van der Waals surface area contributed by atoms with Crippen molar-refractivity contribution < 1.29 is 28.6 Å². The summed E-state index contributed by atoms with van der Waals surface area (Å²) in [6.45, 7) is 4.98. The van der Waals surface area contributed by atoms with E-state index in [-0.39, 0.29) is 5.78 Å². The molecule has 182 valence electrons. The first kappa shape index (κ1) is 25.2. The van der Waals surface area contributed by atoms with Gasteiger partial charge in [0.15, 0.2) is 17.3 Å². The quantitative estimate of drug-likeness (QED) is 0.301. The Bertz CT molecular complexity index is 1080. The summed E-state index contributed by atoms with van der Waals surface area (Å²) in [6.07, 6.45) is 0. The molecule has 0 bridgehead atoms. The summed E-state index contributed by atoms with van der Waals surface area (Å²) in [5, 5.41) is 0. The van der Waals surface area contributed by atoms with E-state index < -0.39 is 23.7 Å². The van der Waals surface area contributed by atoms with Gasteiger partial charge in [-0.2, -0.15) is 0 Å². The summed E-state index contributed by atoms with van der Waals surface area (Å²) in [6, 6.07) is 9.59. The van der Waals surface area contributed by atoms with Gasteiger partial charge in [0, 0.05) is 18.7 Å². The van der Waals surface area contributed by atoms with Crippen molar-refractivity contribution in [3.8, 4) is 17.2 Å². The van der Waals surface area contributed by atoms with Gasteiger partial charge in [-0.25, -0.2) is 0 Å². The van der Waals surface area contributed by atoms with Crippen LogP contribution in [0.1, 0.15) is 34.5 Å². The van der Waals surface area contributed by atoms with E-state index in [4.69, 9.17) is 14.2 Å². The first-order valence-corrected chi connectivity index (χ1v) is 11.2. The lowest BCUT2D eigenvalue weighted by molar-refractivity contribution is -0.140. The Labute approximate surface area is 200 Å². The molecule has 1 heterocycles. The van der Waals surface area contributed by atoms with E-state index >= 15 is 0 Å². The Morgan fingerprint density at radius 3 is 2.35 bits per heavy atom. The average molecular weight is 469 g/mol. The molecule has 2 unspecified atom stereocenters. The molecule has 2 atom stereocenters. The van der Waals surface area contributed by atoms with E-state index in [1.54, 1.807) is 50.4 Å². The molecule has 2 aromatic carbocycles. The number of nitrogens with zero attached hydrogens (tertiary/aromatic N) is 2. The molecule has 1 aliphatic rings. The highest BCUT2D eigenvalue weighted by molar-refractivity contribution is 6.44. The number of carbonyl (C=O) groups excluding carboxylic acids is 3. The number of hydrogen-bond acceptors (Lipinski definition) is 7. The molecule has 0 spiro atoms. The van der Waals surface area contributed by atoms with E-state index in [2.05, 4.69) is 0 Å². The van der Waals surface area contributed by atoms with Crippen LogP contribution in [0.2, 0.25) is 0 Å². The maximum atomic E-state index is 13.7. The van der Waals surface area contributed by atoms with Crippen LogP contribution < -0.4 is 14.2 Å². The van der Waals surface area contributed by atoms with Crippen LogP contribution in [0.15, 0.2) is 36.4 Å². The van der Waals surface area contributed by atoms with Crippen LogP contribution in [0.25, 0.3) is 0 Å². The van der Waals surface area contributed by atoms with Crippen LogP contribution in [0.5, 0.6) is 17.2 Å². The zero-order chi connectivity index (χ0) is 25.0. The lowest BCUT2D eigenvalue weighted by atomic mass is 9.85. The molecule has 1 aliphatic heterocycles. The van der Waals surface area contributed by atoms with Gasteiger partial charge in [-0.3, -0.25) is 14.4 Å². The summed E-state index contributed by atoms with van der Waals surface area (Å²) < 4.78 is 16.3. The van der Waals surface area contributed by atoms with Crippen molar-refractivity contribution in [2.24, 2.45) is 5.92 Å². The molecule has 8 heteroatoms. The summed E-state index contributed by atoms with van der Waals surface area (Å²) in [4.78, 5) is 43.4. The maximum Gasteiger partial charge on any atom is 0.291 e. The van der Waals surface area contributed by atoms with Crippen molar-refractivity contribution in [2.45, 2.75) is 19.9 Å². The average Bonchev–Trinajstić information content (AvgIpc) is 3.07. The minimum absolute atomic E-state index is 0.309. The molecule has 3 rings (SSSR count). The van der Waals surface area contributed by atoms with E-state index in [0.29, 0.717) is 53.6 Å². The third kappa shape index (κ3) is 4.92. The molecule has 2 aromatic rings. The SMILES string of the molecule is CCOc1ccc(C2C(C(=O)c3ccc(OC)cc3C)C(=O)C(=O)N2CCN(C)C)cc1OC. The Hall–Kier alpha value is -3.39.